The van der Waals surface area contributed by atoms with Crippen LogP contribution in [0, 0.1) is 6.92 Å². The highest BCUT2D eigenvalue weighted by molar-refractivity contribution is 5.71. The zero-order valence-electron chi connectivity index (χ0n) is 12.3. The molecule has 0 aliphatic rings. The maximum Gasteiger partial charge on any atom is 0.119 e. The Morgan fingerprint density at radius 3 is 1.76 bits per heavy atom. The van der Waals surface area contributed by atoms with E-state index in [0.29, 0.717) is 0 Å². The van der Waals surface area contributed by atoms with E-state index in [1.54, 1.807) is 7.11 Å². The molecule has 0 aliphatic heterocycles. The first kappa shape index (κ1) is 13.4. The number of methoxy groups -OCH3 is 1. The lowest BCUT2D eigenvalue weighted by Crippen LogP contribution is -1.84. The van der Waals surface area contributed by atoms with Gasteiger partial charge in [-0.2, -0.15) is 0 Å². The van der Waals surface area contributed by atoms with Crippen LogP contribution in [0.1, 0.15) is 5.56 Å². The minimum absolute atomic E-state index is 0.885. The van der Waals surface area contributed by atoms with E-state index in [0.717, 1.165) is 5.75 Å². The molecule has 21 heavy (non-hydrogen) atoms. The Morgan fingerprint density at radius 2 is 1.19 bits per heavy atom. The van der Waals surface area contributed by atoms with Gasteiger partial charge in [0, 0.05) is 0 Å². The van der Waals surface area contributed by atoms with Crippen LogP contribution in [0.3, 0.4) is 0 Å². The first-order valence-electron chi connectivity index (χ1n) is 7.08. The normalized spacial score (nSPS) is 10.4. The van der Waals surface area contributed by atoms with Gasteiger partial charge in [-0.3, -0.25) is 0 Å². The Bertz CT molecular complexity index is 742. The molecule has 0 saturated carbocycles. The Balaban J connectivity index is 1.93. The smallest absolute Gasteiger partial charge is 0.119 e. The highest BCUT2D eigenvalue weighted by Crippen LogP contribution is 2.27. The molecule has 104 valence electrons. The summed E-state index contributed by atoms with van der Waals surface area (Å²) in [4.78, 5) is 0. The highest BCUT2D eigenvalue weighted by Gasteiger charge is 2.02. The monoisotopic (exact) mass is 274 g/mol. The van der Waals surface area contributed by atoms with Crippen molar-refractivity contribution in [1.29, 1.82) is 0 Å². The fourth-order valence-corrected chi connectivity index (χ4v) is 2.48. The molecule has 1 heteroatoms. The molecule has 0 aliphatic carbocycles. The summed E-state index contributed by atoms with van der Waals surface area (Å²) in [5.41, 5.74) is 6.15. The Kier molecular flexibility index (Phi) is 3.74. The van der Waals surface area contributed by atoms with E-state index < -0.39 is 0 Å². The van der Waals surface area contributed by atoms with Crippen molar-refractivity contribution in [1.82, 2.24) is 0 Å². The van der Waals surface area contributed by atoms with Gasteiger partial charge in [0.05, 0.1) is 7.11 Å². The summed E-state index contributed by atoms with van der Waals surface area (Å²) >= 11 is 0. The lowest BCUT2D eigenvalue weighted by atomic mass is 9.99. The number of ether oxygens (including phenoxy) is 1. The average molecular weight is 274 g/mol. The molecule has 0 spiro atoms. The van der Waals surface area contributed by atoms with Crippen molar-refractivity contribution in [2.75, 3.05) is 7.11 Å². The Labute approximate surface area is 125 Å². The summed E-state index contributed by atoms with van der Waals surface area (Å²) in [5, 5.41) is 0. The molecular weight excluding hydrogens is 256 g/mol. The van der Waals surface area contributed by atoms with Crippen molar-refractivity contribution < 1.29 is 4.74 Å². The summed E-state index contributed by atoms with van der Waals surface area (Å²) in [6.07, 6.45) is 0. The number of hydrogen-bond donors (Lipinski definition) is 0. The molecule has 0 radical (unpaired) electrons. The van der Waals surface area contributed by atoms with Gasteiger partial charge in [0.2, 0.25) is 0 Å². The minimum Gasteiger partial charge on any atom is -0.497 e. The van der Waals surface area contributed by atoms with Crippen LogP contribution in [0.15, 0.2) is 72.8 Å². The molecule has 3 aromatic rings. The van der Waals surface area contributed by atoms with E-state index in [1.165, 1.54) is 27.8 Å². The van der Waals surface area contributed by atoms with E-state index in [4.69, 9.17) is 4.74 Å². The summed E-state index contributed by atoms with van der Waals surface area (Å²) < 4.78 is 5.28. The Hall–Kier alpha value is -2.54. The van der Waals surface area contributed by atoms with Crippen molar-refractivity contribution in [3.63, 3.8) is 0 Å². The molecule has 0 saturated heterocycles. The van der Waals surface area contributed by atoms with E-state index in [1.807, 2.05) is 12.1 Å². The van der Waals surface area contributed by atoms with E-state index in [2.05, 4.69) is 67.6 Å². The summed E-state index contributed by atoms with van der Waals surface area (Å²) in [5.74, 6) is 0.885. The van der Waals surface area contributed by atoms with Crippen LogP contribution in [0.4, 0.5) is 0 Å². The molecule has 0 bridgehead atoms. The van der Waals surface area contributed by atoms with Gasteiger partial charge in [-0.05, 0) is 41.3 Å². The predicted molar refractivity (Wildman–Crippen MR) is 88.6 cm³/mol. The highest BCUT2D eigenvalue weighted by atomic mass is 16.5. The SMILES string of the molecule is COc1cccc(-c2ccc(-c3cccc(C)c3)cc2)c1. The lowest BCUT2D eigenvalue weighted by Gasteiger charge is -2.07. The van der Waals surface area contributed by atoms with Crippen LogP contribution in [-0.2, 0) is 0 Å². The molecular formula is C20H18O. The van der Waals surface area contributed by atoms with Crippen molar-refractivity contribution in [3.8, 4) is 28.0 Å². The van der Waals surface area contributed by atoms with Crippen LogP contribution >= 0.6 is 0 Å². The van der Waals surface area contributed by atoms with Crippen molar-refractivity contribution in [3.05, 3.63) is 78.4 Å². The van der Waals surface area contributed by atoms with Crippen LogP contribution in [-0.4, -0.2) is 7.11 Å². The van der Waals surface area contributed by atoms with E-state index in [9.17, 15) is 0 Å². The number of hydrogen-bond acceptors (Lipinski definition) is 1. The van der Waals surface area contributed by atoms with Crippen molar-refractivity contribution in [2.45, 2.75) is 6.92 Å². The quantitative estimate of drug-likeness (QED) is 0.626. The fourth-order valence-electron chi connectivity index (χ4n) is 2.48. The molecule has 3 rings (SSSR count). The molecule has 0 N–H and O–H groups in total. The second-order valence-corrected chi connectivity index (χ2v) is 5.18. The van der Waals surface area contributed by atoms with Gasteiger partial charge in [0.15, 0.2) is 0 Å². The van der Waals surface area contributed by atoms with Gasteiger partial charge in [0.1, 0.15) is 5.75 Å². The number of benzene rings is 3. The summed E-state index contributed by atoms with van der Waals surface area (Å²) in [7, 11) is 1.69. The second kappa shape index (κ2) is 5.84. The topological polar surface area (TPSA) is 9.23 Å². The first-order valence-corrected chi connectivity index (χ1v) is 7.08. The first-order chi connectivity index (χ1) is 10.3. The van der Waals surface area contributed by atoms with Crippen molar-refractivity contribution >= 4 is 0 Å². The van der Waals surface area contributed by atoms with E-state index in [-0.39, 0.29) is 0 Å². The molecule has 0 atom stereocenters. The largest absolute Gasteiger partial charge is 0.497 e. The molecule has 1 nitrogen and oxygen atoms in total. The fraction of sp³-hybridized carbons (Fsp3) is 0.100. The minimum atomic E-state index is 0.885. The molecule has 0 amide bonds. The standard InChI is InChI=1S/C20H18O/c1-15-5-3-6-18(13-15)16-9-11-17(12-10-16)19-7-4-8-20(14-19)21-2/h3-14H,1-2H3. The lowest BCUT2D eigenvalue weighted by molar-refractivity contribution is 0.415. The molecule has 3 aromatic carbocycles. The van der Waals surface area contributed by atoms with E-state index >= 15 is 0 Å². The molecule has 0 heterocycles. The number of rotatable bonds is 3. The van der Waals surface area contributed by atoms with Crippen LogP contribution in [0.5, 0.6) is 5.75 Å². The third-order valence-corrected chi connectivity index (χ3v) is 3.64. The van der Waals surface area contributed by atoms with Crippen molar-refractivity contribution in [2.24, 2.45) is 0 Å². The molecule has 0 fully saturated rings. The predicted octanol–water partition coefficient (Wildman–Crippen LogP) is 5.34. The van der Waals surface area contributed by atoms with Gasteiger partial charge in [0.25, 0.3) is 0 Å². The number of aryl methyl sites for hydroxylation is 1. The maximum atomic E-state index is 5.28. The third-order valence-electron chi connectivity index (χ3n) is 3.64. The van der Waals surface area contributed by atoms with Crippen LogP contribution in [0.25, 0.3) is 22.3 Å². The van der Waals surface area contributed by atoms with Crippen LogP contribution < -0.4 is 4.74 Å². The zero-order chi connectivity index (χ0) is 14.7. The van der Waals surface area contributed by atoms with Crippen LogP contribution in [0.2, 0.25) is 0 Å². The van der Waals surface area contributed by atoms with Gasteiger partial charge in [-0.15, -0.1) is 0 Å². The Morgan fingerprint density at radius 1 is 0.619 bits per heavy atom. The average Bonchev–Trinajstić information content (AvgIpc) is 2.55. The maximum absolute atomic E-state index is 5.28. The van der Waals surface area contributed by atoms with Gasteiger partial charge < -0.3 is 4.74 Å². The zero-order valence-corrected chi connectivity index (χ0v) is 12.3. The summed E-state index contributed by atoms with van der Waals surface area (Å²) in [6.45, 7) is 2.12. The van der Waals surface area contributed by atoms with Gasteiger partial charge >= 0.3 is 0 Å². The third kappa shape index (κ3) is 2.97. The van der Waals surface area contributed by atoms with Gasteiger partial charge in [-0.1, -0.05) is 66.2 Å². The summed E-state index contributed by atoms with van der Waals surface area (Å²) in [6, 6.07) is 25.4. The van der Waals surface area contributed by atoms with Gasteiger partial charge in [-0.25, -0.2) is 0 Å². The molecule has 0 unspecified atom stereocenters. The second-order valence-electron chi connectivity index (χ2n) is 5.18. The molecule has 0 aromatic heterocycles.